The molecule has 3 heterocycles. The number of anilines is 1. The number of nitrogens with one attached hydrogen (secondary N) is 2. The zero-order chi connectivity index (χ0) is 18.3. The topological polar surface area (TPSA) is 48.9 Å². The summed E-state index contributed by atoms with van der Waals surface area (Å²) in [5, 5.41) is 8.02. The van der Waals surface area contributed by atoms with Crippen LogP contribution in [0.2, 0.25) is 0 Å². The minimum atomic E-state index is 0.397. The van der Waals surface area contributed by atoms with Crippen molar-refractivity contribution in [2.24, 2.45) is 13.0 Å². The summed E-state index contributed by atoms with van der Waals surface area (Å²) >= 11 is 0. The second-order valence-electron chi connectivity index (χ2n) is 7.98. The van der Waals surface area contributed by atoms with E-state index in [1.165, 1.54) is 42.4 Å². The third-order valence-corrected chi connectivity index (χ3v) is 6.40. The minimum absolute atomic E-state index is 0.397. The van der Waals surface area contributed by atoms with Crippen LogP contribution in [0.1, 0.15) is 45.1 Å². The van der Waals surface area contributed by atoms with E-state index in [9.17, 15) is 0 Å². The predicted octanol–water partition coefficient (Wildman–Crippen LogP) is 4.12. The Kier molecular flexibility index (Phi) is 4.65. The Hall–Kier alpha value is -2.01. The van der Waals surface area contributed by atoms with E-state index >= 15 is 0 Å². The normalized spacial score (nSPS) is 25.7. The van der Waals surface area contributed by atoms with Crippen molar-refractivity contribution in [2.75, 3.05) is 18.9 Å². The molecule has 1 aliphatic heterocycles. The van der Waals surface area contributed by atoms with Gasteiger partial charge in [-0.2, -0.15) is 5.10 Å². The molecule has 1 fully saturated rings. The number of nitrogens with zero attached hydrogens (tertiary/aromatic N) is 3. The molecule has 4 rings (SSSR count). The second-order valence-corrected chi connectivity index (χ2v) is 7.98. The fourth-order valence-corrected chi connectivity index (χ4v) is 4.67. The second kappa shape index (κ2) is 6.95. The Balaban J connectivity index is 1.58. The van der Waals surface area contributed by atoms with Crippen molar-refractivity contribution in [3.63, 3.8) is 0 Å². The van der Waals surface area contributed by atoms with Crippen LogP contribution in [0, 0.1) is 5.92 Å². The highest BCUT2D eigenvalue weighted by Crippen LogP contribution is 2.41. The van der Waals surface area contributed by atoms with E-state index in [0.29, 0.717) is 12.0 Å². The van der Waals surface area contributed by atoms with Crippen LogP contribution in [-0.4, -0.2) is 45.3 Å². The van der Waals surface area contributed by atoms with Crippen molar-refractivity contribution in [3.8, 4) is 11.1 Å². The molecule has 5 heteroatoms. The maximum absolute atomic E-state index is 4.34. The molecule has 1 atom stereocenters. The highest BCUT2D eigenvalue weighted by atomic mass is 15.2. The maximum Gasteiger partial charge on any atom is 0.111 e. The predicted molar refractivity (Wildman–Crippen MR) is 108 cm³/mol. The van der Waals surface area contributed by atoms with Crippen LogP contribution in [0.15, 0.2) is 24.2 Å². The molecule has 1 unspecified atom stereocenters. The van der Waals surface area contributed by atoms with Crippen LogP contribution < -0.4 is 5.32 Å². The van der Waals surface area contributed by atoms with Gasteiger partial charge in [-0.3, -0.25) is 4.68 Å². The van der Waals surface area contributed by atoms with Gasteiger partial charge >= 0.3 is 0 Å². The van der Waals surface area contributed by atoms with E-state index in [1.807, 2.05) is 17.9 Å². The maximum atomic E-state index is 4.34. The number of rotatable bonds is 4. The Morgan fingerprint density at radius 3 is 2.69 bits per heavy atom. The van der Waals surface area contributed by atoms with Gasteiger partial charge in [0.2, 0.25) is 0 Å². The van der Waals surface area contributed by atoms with Crippen molar-refractivity contribution in [1.82, 2.24) is 19.7 Å². The fourth-order valence-electron chi connectivity index (χ4n) is 4.67. The largest absolute Gasteiger partial charge is 0.365 e. The third-order valence-electron chi connectivity index (χ3n) is 6.40. The Morgan fingerprint density at radius 1 is 1.27 bits per heavy atom. The number of fused-ring (bicyclic) bond motifs is 1. The molecule has 0 saturated heterocycles. The van der Waals surface area contributed by atoms with Gasteiger partial charge in [0.1, 0.15) is 5.82 Å². The van der Waals surface area contributed by atoms with Crippen LogP contribution in [0.5, 0.6) is 0 Å². The minimum Gasteiger partial charge on any atom is -0.365 e. The van der Waals surface area contributed by atoms with Crippen LogP contribution in [0.4, 0.5) is 5.82 Å². The molecule has 0 amide bonds. The zero-order valence-electron chi connectivity index (χ0n) is 16.4. The average molecular weight is 354 g/mol. The summed E-state index contributed by atoms with van der Waals surface area (Å²) < 4.78 is 1.86. The van der Waals surface area contributed by atoms with E-state index in [4.69, 9.17) is 0 Å². The van der Waals surface area contributed by atoms with Crippen LogP contribution in [0.25, 0.3) is 17.2 Å². The Morgan fingerprint density at radius 2 is 2.04 bits per heavy atom. The first kappa shape index (κ1) is 17.4. The lowest BCUT2D eigenvalue weighted by Crippen LogP contribution is -2.37. The van der Waals surface area contributed by atoms with E-state index in [-0.39, 0.29) is 0 Å². The van der Waals surface area contributed by atoms with Crippen molar-refractivity contribution >= 4 is 11.9 Å². The van der Waals surface area contributed by atoms with E-state index < -0.39 is 0 Å². The van der Waals surface area contributed by atoms with E-state index in [2.05, 4.69) is 59.7 Å². The van der Waals surface area contributed by atoms with Crippen LogP contribution in [0.3, 0.4) is 0 Å². The number of hydrogen-bond acceptors (Lipinski definition) is 3. The quantitative estimate of drug-likeness (QED) is 0.869. The third kappa shape index (κ3) is 3.09. The van der Waals surface area contributed by atoms with Crippen LogP contribution >= 0.6 is 0 Å². The van der Waals surface area contributed by atoms with Gasteiger partial charge in [0.15, 0.2) is 0 Å². The summed E-state index contributed by atoms with van der Waals surface area (Å²) in [6.07, 6.45) is 13.8. The molecule has 1 aliphatic carbocycles. The summed E-state index contributed by atoms with van der Waals surface area (Å²) in [6.45, 7) is 5.70. The summed E-state index contributed by atoms with van der Waals surface area (Å²) in [5.41, 5.74) is 5.27. The first-order valence-electron chi connectivity index (χ1n) is 9.95. The molecular formula is C21H31N5. The van der Waals surface area contributed by atoms with Gasteiger partial charge in [-0.05, 0) is 63.8 Å². The lowest BCUT2D eigenvalue weighted by Gasteiger charge is -2.37. The van der Waals surface area contributed by atoms with Crippen molar-refractivity contribution in [3.05, 3.63) is 29.7 Å². The average Bonchev–Trinajstić information content (AvgIpc) is 3.26. The molecule has 140 valence electrons. The number of aromatic amines is 1. The number of hydrogen-bond donors (Lipinski definition) is 2. The van der Waals surface area contributed by atoms with Gasteiger partial charge in [-0.25, -0.2) is 0 Å². The van der Waals surface area contributed by atoms with Crippen molar-refractivity contribution < 1.29 is 0 Å². The van der Waals surface area contributed by atoms with E-state index in [1.54, 1.807) is 5.57 Å². The first-order chi connectivity index (χ1) is 12.6. The smallest absolute Gasteiger partial charge is 0.111 e. The molecule has 26 heavy (non-hydrogen) atoms. The molecule has 5 nitrogen and oxygen atoms in total. The lowest BCUT2D eigenvalue weighted by atomic mass is 9.77. The van der Waals surface area contributed by atoms with Crippen LogP contribution in [-0.2, 0) is 7.05 Å². The Bertz CT molecular complexity index is 791. The molecule has 0 spiro atoms. The molecule has 0 aromatic carbocycles. The number of H-pyrrole nitrogens is 1. The molecule has 2 aliphatic rings. The van der Waals surface area contributed by atoms with Gasteiger partial charge in [0.05, 0.1) is 6.20 Å². The van der Waals surface area contributed by atoms with Crippen molar-refractivity contribution in [1.29, 1.82) is 0 Å². The SMILES string of the molecule is CCN(C)C1CCC(C2=Cc3c(-c4cnn(C)c4)c[nH]c3NC2C)CC1. The molecular weight excluding hydrogens is 322 g/mol. The zero-order valence-corrected chi connectivity index (χ0v) is 16.4. The molecule has 0 bridgehead atoms. The highest BCUT2D eigenvalue weighted by molar-refractivity contribution is 5.84. The fraction of sp³-hybridized carbons (Fsp3) is 0.571. The summed E-state index contributed by atoms with van der Waals surface area (Å²) in [5.74, 6) is 1.84. The summed E-state index contributed by atoms with van der Waals surface area (Å²) in [6, 6.07) is 1.16. The Labute approximate surface area is 156 Å². The highest BCUT2D eigenvalue weighted by Gasteiger charge is 2.30. The summed E-state index contributed by atoms with van der Waals surface area (Å²) in [4.78, 5) is 5.93. The summed E-state index contributed by atoms with van der Waals surface area (Å²) in [7, 11) is 4.23. The van der Waals surface area contributed by atoms with Gasteiger partial charge in [-0.1, -0.05) is 6.92 Å². The van der Waals surface area contributed by atoms with Gasteiger partial charge in [-0.15, -0.1) is 0 Å². The molecule has 2 aromatic heterocycles. The standard InChI is InChI=1S/C21H31N5/c1-5-25(3)17-8-6-15(7-9-17)18-10-19-20(16-11-23-26(4)13-16)12-22-21(19)24-14(18)2/h10-15,17,22,24H,5-9H2,1-4H3. The molecule has 1 saturated carbocycles. The number of aromatic nitrogens is 3. The van der Waals surface area contributed by atoms with Gasteiger partial charge in [0.25, 0.3) is 0 Å². The van der Waals surface area contributed by atoms with E-state index in [0.717, 1.165) is 18.4 Å². The first-order valence-corrected chi connectivity index (χ1v) is 9.95. The lowest BCUT2D eigenvalue weighted by molar-refractivity contribution is 0.180. The van der Waals surface area contributed by atoms with Crippen molar-refractivity contribution in [2.45, 2.75) is 51.6 Å². The molecule has 2 aromatic rings. The number of aryl methyl sites for hydroxylation is 1. The van der Waals surface area contributed by atoms with Gasteiger partial charge in [0, 0.05) is 48.2 Å². The molecule has 0 radical (unpaired) electrons. The monoisotopic (exact) mass is 353 g/mol. The molecule has 2 N–H and O–H groups in total. The van der Waals surface area contributed by atoms with Gasteiger partial charge < -0.3 is 15.2 Å².